The Bertz CT molecular complexity index is 1220. The molecule has 5 nitrogen and oxygen atoms in total. The maximum absolute atomic E-state index is 12.2. The van der Waals surface area contributed by atoms with Crippen molar-refractivity contribution in [1.29, 1.82) is 0 Å². The van der Waals surface area contributed by atoms with Crippen molar-refractivity contribution in [2.75, 3.05) is 0 Å². The molecule has 0 radical (unpaired) electrons. The lowest BCUT2D eigenvalue weighted by atomic mass is 10.2. The first-order valence-electron chi connectivity index (χ1n) is 8.54. The summed E-state index contributed by atoms with van der Waals surface area (Å²) in [6.45, 7) is 0. The molecule has 0 atom stereocenters. The highest BCUT2D eigenvalue weighted by Gasteiger charge is 2.25. The molecule has 0 unspecified atom stereocenters. The van der Waals surface area contributed by atoms with Gasteiger partial charge in [0.15, 0.2) is 5.17 Å². The number of thioether (sulfide) groups is 1. The standard InChI is InChI=1S/C21H11Cl3N2O3S/c22-12-6-4-11(5-7-12)19(27)25-21-26-20(28)17(30-21)10-13-8-9-16(29-13)14-2-1-3-15(23)18(14)24/h1-10H,(H,25,26,27,28)/b17-10-. The Morgan fingerprint density at radius 2 is 1.80 bits per heavy atom. The lowest BCUT2D eigenvalue weighted by Crippen LogP contribution is -2.20. The van der Waals surface area contributed by atoms with Crippen LogP contribution in [0.5, 0.6) is 0 Å². The van der Waals surface area contributed by atoms with E-state index in [1.165, 1.54) is 0 Å². The summed E-state index contributed by atoms with van der Waals surface area (Å²) in [5.74, 6) is 0.113. The molecule has 1 aliphatic rings. The molecule has 9 heteroatoms. The zero-order valence-electron chi connectivity index (χ0n) is 15.0. The van der Waals surface area contributed by atoms with Crippen LogP contribution in [-0.2, 0) is 4.79 Å². The number of aliphatic imine (C=N–C) groups is 1. The second-order valence-corrected chi connectivity index (χ2v) is 8.35. The van der Waals surface area contributed by atoms with E-state index in [0.717, 1.165) is 11.8 Å². The highest BCUT2D eigenvalue weighted by Crippen LogP contribution is 2.35. The number of carbonyl (C=O) groups excluding carboxylic acids is 2. The highest BCUT2D eigenvalue weighted by atomic mass is 35.5. The SMILES string of the molecule is O=C1NC(=NC(=O)c2ccc(Cl)cc2)S/C1=C\c1ccc(-c2cccc(Cl)c2Cl)o1. The number of furan rings is 1. The van der Waals surface area contributed by atoms with E-state index in [9.17, 15) is 9.59 Å². The highest BCUT2D eigenvalue weighted by molar-refractivity contribution is 8.18. The molecule has 2 aromatic carbocycles. The topological polar surface area (TPSA) is 71.7 Å². The summed E-state index contributed by atoms with van der Waals surface area (Å²) in [5.41, 5.74) is 1.02. The molecule has 1 N–H and O–H groups in total. The van der Waals surface area contributed by atoms with Gasteiger partial charge in [0.05, 0.1) is 15.0 Å². The van der Waals surface area contributed by atoms with Crippen LogP contribution in [0.4, 0.5) is 0 Å². The van der Waals surface area contributed by atoms with Crippen molar-refractivity contribution in [2.24, 2.45) is 4.99 Å². The van der Waals surface area contributed by atoms with Crippen LogP contribution < -0.4 is 5.32 Å². The van der Waals surface area contributed by atoms with Gasteiger partial charge in [0.2, 0.25) is 0 Å². The first-order chi connectivity index (χ1) is 14.4. The van der Waals surface area contributed by atoms with Crippen LogP contribution in [0, 0.1) is 0 Å². The number of benzene rings is 2. The summed E-state index contributed by atoms with van der Waals surface area (Å²) in [5, 5.41) is 4.08. The van der Waals surface area contributed by atoms with Crippen LogP contribution in [-0.4, -0.2) is 17.0 Å². The monoisotopic (exact) mass is 476 g/mol. The molecule has 2 heterocycles. The lowest BCUT2D eigenvalue weighted by Gasteiger charge is -2.01. The Morgan fingerprint density at radius 3 is 2.57 bits per heavy atom. The minimum atomic E-state index is -0.480. The summed E-state index contributed by atoms with van der Waals surface area (Å²) in [6, 6.07) is 15.0. The number of carbonyl (C=O) groups is 2. The molecule has 1 fully saturated rings. The number of halogens is 3. The van der Waals surface area contributed by atoms with Crippen molar-refractivity contribution in [2.45, 2.75) is 0 Å². The van der Waals surface area contributed by atoms with Crippen LogP contribution in [0.3, 0.4) is 0 Å². The lowest BCUT2D eigenvalue weighted by molar-refractivity contribution is -0.115. The van der Waals surface area contributed by atoms with E-state index in [-0.39, 0.29) is 11.1 Å². The molecule has 1 aromatic heterocycles. The summed E-state index contributed by atoms with van der Waals surface area (Å²) in [4.78, 5) is 28.8. The third-order valence-electron chi connectivity index (χ3n) is 4.06. The Balaban J connectivity index is 1.53. The average Bonchev–Trinajstić information content (AvgIpc) is 3.31. The molecule has 0 aliphatic carbocycles. The summed E-state index contributed by atoms with van der Waals surface area (Å²) in [6.07, 6.45) is 1.57. The fourth-order valence-corrected chi connectivity index (χ4v) is 3.95. The van der Waals surface area contributed by atoms with Gasteiger partial charge in [-0.15, -0.1) is 0 Å². The molecule has 4 rings (SSSR count). The Hall–Kier alpha value is -2.51. The third-order valence-corrected chi connectivity index (χ3v) is 6.04. The van der Waals surface area contributed by atoms with Gasteiger partial charge in [0, 0.05) is 22.2 Å². The van der Waals surface area contributed by atoms with Gasteiger partial charge in [-0.2, -0.15) is 4.99 Å². The van der Waals surface area contributed by atoms with Crippen LogP contribution in [0.25, 0.3) is 17.4 Å². The Kier molecular flexibility index (Phi) is 6.01. The number of rotatable bonds is 3. The molecular formula is C21H11Cl3N2O3S. The zero-order valence-corrected chi connectivity index (χ0v) is 18.1. The predicted molar refractivity (Wildman–Crippen MR) is 121 cm³/mol. The fraction of sp³-hybridized carbons (Fsp3) is 0. The molecular weight excluding hydrogens is 467 g/mol. The normalized spacial score (nSPS) is 16.3. The van der Waals surface area contributed by atoms with Crippen LogP contribution in [0.2, 0.25) is 15.1 Å². The van der Waals surface area contributed by atoms with Gasteiger partial charge in [-0.1, -0.05) is 40.9 Å². The van der Waals surface area contributed by atoms with E-state index in [0.29, 0.717) is 42.6 Å². The van der Waals surface area contributed by atoms with Gasteiger partial charge in [0.1, 0.15) is 11.5 Å². The molecule has 30 heavy (non-hydrogen) atoms. The van der Waals surface area contributed by atoms with E-state index in [4.69, 9.17) is 39.2 Å². The molecule has 150 valence electrons. The maximum atomic E-state index is 12.2. The van der Waals surface area contributed by atoms with Crippen molar-refractivity contribution < 1.29 is 14.0 Å². The molecule has 0 bridgehead atoms. The maximum Gasteiger partial charge on any atom is 0.279 e. The summed E-state index contributed by atoms with van der Waals surface area (Å²) in [7, 11) is 0. The van der Waals surface area contributed by atoms with Crippen LogP contribution in [0.15, 0.2) is 68.9 Å². The molecule has 2 amide bonds. The zero-order chi connectivity index (χ0) is 21.3. The van der Waals surface area contributed by atoms with E-state index >= 15 is 0 Å². The molecule has 0 saturated carbocycles. The Morgan fingerprint density at radius 1 is 1.03 bits per heavy atom. The minimum Gasteiger partial charge on any atom is -0.457 e. The second kappa shape index (κ2) is 8.70. The summed E-state index contributed by atoms with van der Waals surface area (Å²) >= 11 is 19.1. The number of amidine groups is 1. The number of hydrogen-bond donors (Lipinski definition) is 1. The predicted octanol–water partition coefficient (Wildman–Crippen LogP) is 6.31. The first kappa shape index (κ1) is 20.8. The van der Waals surface area contributed by atoms with E-state index in [1.54, 1.807) is 60.7 Å². The first-order valence-corrected chi connectivity index (χ1v) is 10.5. The number of nitrogens with one attached hydrogen (secondary N) is 1. The van der Waals surface area contributed by atoms with Gasteiger partial charge >= 0.3 is 0 Å². The van der Waals surface area contributed by atoms with E-state index in [1.807, 2.05) is 0 Å². The average molecular weight is 478 g/mol. The quantitative estimate of drug-likeness (QED) is 0.449. The van der Waals surface area contributed by atoms with Crippen molar-refractivity contribution >= 4 is 69.6 Å². The Labute approximate surface area is 190 Å². The second-order valence-electron chi connectivity index (χ2n) is 6.10. The van der Waals surface area contributed by atoms with Gasteiger partial charge < -0.3 is 9.73 Å². The van der Waals surface area contributed by atoms with Crippen LogP contribution >= 0.6 is 46.6 Å². The van der Waals surface area contributed by atoms with Gasteiger partial charge in [-0.3, -0.25) is 9.59 Å². The van der Waals surface area contributed by atoms with Crippen molar-refractivity contribution in [3.63, 3.8) is 0 Å². The smallest absolute Gasteiger partial charge is 0.279 e. The minimum absolute atomic E-state index is 0.191. The van der Waals surface area contributed by atoms with Gasteiger partial charge in [-0.25, -0.2) is 0 Å². The van der Waals surface area contributed by atoms with E-state index in [2.05, 4.69) is 10.3 Å². The third kappa shape index (κ3) is 4.47. The number of nitrogens with zero attached hydrogens (tertiary/aromatic N) is 1. The fourth-order valence-electron chi connectivity index (χ4n) is 2.63. The van der Waals surface area contributed by atoms with Gasteiger partial charge in [0.25, 0.3) is 11.8 Å². The van der Waals surface area contributed by atoms with Crippen molar-refractivity contribution in [1.82, 2.24) is 5.32 Å². The van der Waals surface area contributed by atoms with E-state index < -0.39 is 5.91 Å². The number of amides is 2. The number of hydrogen-bond acceptors (Lipinski definition) is 4. The largest absolute Gasteiger partial charge is 0.457 e. The molecule has 3 aromatic rings. The summed E-state index contributed by atoms with van der Waals surface area (Å²) < 4.78 is 5.78. The van der Waals surface area contributed by atoms with Gasteiger partial charge in [-0.05, 0) is 60.3 Å². The molecule has 1 aliphatic heterocycles. The van der Waals surface area contributed by atoms with Crippen LogP contribution in [0.1, 0.15) is 16.1 Å². The molecule has 1 saturated heterocycles. The molecule has 0 spiro atoms. The van der Waals surface area contributed by atoms with Crippen molar-refractivity contribution in [3.05, 3.63) is 85.9 Å². The van der Waals surface area contributed by atoms with Crippen molar-refractivity contribution in [3.8, 4) is 11.3 Å².